The summed E-state index contributed by atoms with van der Waals surface area (Å²) in [6.07, 6.45) is 1.27. The minimum Gasteiger partial charge on any atom is -0.288 e. The van der Waals surface area contributed by atoms with Gasteiger partial charge in [0.15, 0.2) is 5.69 Å². The van der Waals surface area contributed by atoms with Gasteiger partial charge in [-0.25, -0.2) is 9.37 Å². The van der Waals surface area contributed by atoms with Crippen molar-refractivity contribution in [1.29, 1.82) is 5.26 Å². The largest absolute Gasteiger partial charge is 0.288 e. The fourth-order valence-corrected chi connectivity index (χ4v) is 1.92. The second-order valence-electron chi connectivity index (χ2n) is 3.86. The number of hydrogen-bond donors (Lipinski definition) is 0. The van der Waals surface area contributed by atoms with Crippen LogP contribution in [0.25, 0.3) is 16.9 Å². The Bertz CT molecular complexity index is 754. The van der Waals surface area contributed by atoms with Gasteiger partial charge < -0.3 is 0 Å². The van der Waals surface area contributed by atoms with Crippen LogP contribution in [0.5, 0.6) is 0 Å². The van der Waals surface area contributed by atoms with E-state index in [0.29, 0.717) is 17.0 Å². The Morgan fingerprint density at radius 3 is 2.61 bits per heavy atom. The Morgan fingerprint density at radius 1 is 1.11 bits per heavy atom. The smallest absolute Gasteiger partial charge is 0.152 e. The van der Waals surface area contributed by atoms with E-state index in [1.54, 1.807) is 6.07 Å². The Morgan fingerprint density at radius 2 is 1.89 bits per heavy atom. The highest BCUT2D eigenvalue weighted by molar-refractivity contribution is 5.69. The lowest BCUT2D eigenvalue weighted by Gasteiger charge is -1.96. The molecule has 86 valence electrons. The van der Waals surface area contributed by atoms with Crippen molar-refractivity contribution in [3.63, 3.8) is 0 Å². The summed E-state index contributed by atoms with van der Waals surface area (Å²) in [6, 6.07) is 14.4. The van der Waals surface area contributed by atoms with Gasteiger partial charge in [-0.1, -0.05) is 30.3 Å². The number of nitrogens with zero attached hydrogens (tertiary/aromatic N) is 3. The molecule has 4 heteroatoms. The lowest BCUT2D eigenvalue weighted by atomic mass is 10.1. The monoisotopic (exact) mass is 237 g/mol. The minimum absolute atomic E-state index is 0.343. The first-order chi connectivity index (χ1) is 8.79. The van der Waals surface area contributed by atoms with Crippen LogP contribution in [0, 0.1) is 17.1 Å². The predicted molar refractivity (Wildman–Crippen MR) is 65.3 cm³/mol. The van der Waals surface area contributed by atoms with Crippen LogP contribution in [0.1, 0.15) is 5.69 Å². The van der Waals surface area contributed by atoms with Crippen molar-refractivity contribution >= 4 is 5.65 Å². The summed E-state index contributed by atoms with van der Waals surface area (Å²) in [6.45, 7) is 0. The van der Waals surface area contributed by atoms with Crippen LogP contribution in [0.3, 0.4) is 0 Å². The van der Waals surface area contributed by atoms with E-state index < -0.39 is 5.82 Å². The molecule has 0 amide bonds. The van der Waals surface area contributed by atoms with Gasteiger partial charge in [-0.3, -0.25) is 4.40 Å². The number of aromatic nitrogens is 2. The lowest BCUT2D eigenvalue weighted by Crippen LogP contribution is -1.90. The first kappa shape index (κ1) is 10.5. The summed E-state index contributed by atoms with van der Waals surface area (Å²) < 4.78 is 14.7. The van der Waals surface area contributed by atoms with Gasteiger partial charge in [-0.05, 0) is 12.1 Å². The number of fused-ring (bicyclic) bond motifs is 1. The third kappa shape index (κ3) is 1.54. The van der Waals surface area contributed by atoms with Gasteiger partial charge in [0.1, 0.15) is 23.2 Å². The van der Waals surface area contributed by atoms with Crippen LogP contribution in [-0.4, -0.2) is 9.38 Å². The first-order valence-electron chi connectivity index (χ1n) is 5.43. The van der Waals surface area contributed by atoms with E-state index in [2.05, 4.69) is 11.1 Å². The summed E-state index contributed by atoms with van der Waals surface area (Å²) >= 11 is 0. The molecule has 0 aliphatic heterocycles. The summed E-state index contributed by atoms with van der Waals surface area (Å²) in [4.78, 5) is 4.37. The molecule has 3 rings (SSSR count). The van der Waals surface area contributed by atoms with Crippen LogP contribution in [0.2, 0.25) is 0 Å². The number of benzene rings is 1. The molecule has 0 fully saturated rings. The number of imidazole rings is 1. The van der Waals surface area contributed by atoms with Crippen LogP contribution < -0.4 is 0 Å². The second kappa shape index (κ2) is 3.97. The van der Waals surface area contributed by atoms with Crippen molar-refractivity contribution in [1.82, 2.24) is 9.38 Å². The molecule has 0 aliphatic rings. The maximum absolute atomic E-state index is 13.2. The van der Waals surface area contributed by atoms with Gasteiger partial charge in [0.25, 0.3) is 0 Å². The van der Waals surface area contributed by atoms with Crippen molar-refractivity contribution in [2.24, 2.45) is 0 Å². The molecule has 1 aromatic carbocycles. The zero-order valence-corrected chi connectivity index (χ0v) is 9.34. The minimum atomic E-state index is -0.393. The van der Waals surface area contributed by atoms with E-state index in [9.17, 15) is 9.65 Å². The molecule has 0 spiro atoms. The number of nitriles is 1. The number of rotatable bonds is 1. The van der Waals surface area contributed by atoms with Gasteiger partial charge in [0.05, 0.1) is 0 Å². The lowest BCUT2D eigenvalue weighted by molar-refractivity contribution is 0.619. The summed E-state index contributed by atoms with van der Waals surface area (Å²) in [5.74, 6) is -0.393. The molecule has 2 aromatic heterocycles. The van der Waals surface area contributed by atoms with E-state index in [-0.39, 0.29) is 0 Å². The third-order valence-corrected chi connectivity index (χ3v) is 2.74. The molecule has 0 radical (unpaired) electrons. The van der Waals surface area contributed by atoms with Crippen molar-refractivity contribution in [2.75, 3.05) is 0 Å². The molecular formula is C14H8FN3. The Hall–Kier alpha value is -2.67. The number of hydrogen-bond acceptors (Lipinski definition) is 2. The Balaban J connectivity index is 2.34. The van der Waals surface area contributed by atoms with Crippen LogP contribution in [-0.2, 0) is 0 Å². The fourth-order valence-electron chi connectivity index (χ4n) is 1.92. The van der Waals surface area contributed by atoms with E-state index in [4.69, 9.17) is 0 Å². The Kier molecular flexibility index (Phi) is 2.31. The van der Waals surface area contributed by atoms with E-state index >= 15 is 0 Å². The molecule has 0 saturated carbocycles. The van der Waals surface area contributed by atoms with Gasteiger partial charge in [-0.2, -0.15) is 5.26 Å². The average molecular weight is 237 g/mol. The Labute approximate surface area is 103 Å². The molecule has 0 N–H and O–H groups in total. The van der Waals surface area contributed by atoms with Crippen LogP contribution in [0.15, 0.2) is 48.7 Å². The summed E-state index contributed by atoms with van der Waals surface area (Å²) in [5.41, 5.74) is 2.32. The van der Waals surface area contributed by atoms with Crippen LogP contribution in [0.4, 0.5) is 4.39 Å². The third-order valence-electron chi connectivity index (χ3n) is 2.74. The number of pyridine rings is 1. The van der Waals surface area contributed by atoms with E-state index in [1.807, 2.05) is 30.3 Å². The zero-order chi connectivity index (χ0) is 12.5. The van der Waals surface area contributed by atoms with Gasteiger partial charge in [0, 0.05) is 11.8 Å². The van der Waals surface area contributed by atoms with E-state index in [0.717, 1.165) is 5.56 Å². The molecule has 3 nitrogen and oxygen atoms in total. The molecule has 0 bridgehead atoms. The highest BCUT2D eigenvalue weighted by Crippen LogP contribution is 2.23. The summed E-state index contributed by atoms with van der Waals surface area (Å²) in [5, 5.41) is 9.22. The molecule has 0 unspecified atom stereocenters. The van der Waals surface area contributed by atoms with Crippen molar-refractivity contribution in [2.45, 2.75) is 0 Å². The standard InChI is InChI=1S/C14H8FN3/c15-11-6-7-13-17-14(10-4-2-1-3-5-10)12(8-16)18(13)9-11/h1-7,9H. The molecule has 18 heavy (non-hydrogen) atoms. The maximum atomic E-state index is 13.2. The zero-order valence-electron chi connectivity index (χ0n) is 9.34. The van der Waals surface area contributed by atoms with E-state index in [1.165, 1.54) is 16.7 Å². The van der Waals surface area contributed by atoms with Crippen LogP contribution >= 0.6 is 0 Å². The highest BCUT2D eigenvalue weighted by Gasteiger charge is 2.13. The van der Waals surface area contributed by atoms with Crippen molar-refractivity contribution in [3.8, 4) is 17.3 Å². The molecule has 0 saturated heterocycles. The highest BCUT2D eigenvalue weighted by atomic mass is 19.1. The van der Waals surface area contributed by atoms with Gasteiger partial charge in [-0.15, -0.1) is 0 Å². The molecular weight excluding hydrogens is 229 g/mol. The van der Waals surface area contributed by atoms with Crippen molar-refractivity contribution in [3.05, 3.63) is 60.2 Å². The summed E-state index contributed by atoms with van der Waals surface area (Å²) in [7, 11) is 0. The SMILES string of the molecule is N#Cc1c(-c2ccccc2)nc2ccc(F)cn12. The fraction of sp³-hybridized carbons (Fsp3) is 0. The molecule has 0 aliphatic carbocycles. The van der Waals surface area contributed by atoms with Gasteiger partial charge in [0.2, 0.25) is 0 Å². The quantitative estimate of drug-likeness (QED) is 0.652. The predicted octanol–water partition coefficient (Wildman–Crippen LogP) is 3.01. The molecule has 0 atom stereocenters. The van der Waals surface area contributed by atoms with Gasteiger partial charge >= 0.3 is 0 Å². The second-order valence-corrected chi connectivity index (χ2v) is 3.86. The molecule has 2 heterocycles. The molecule has 3 aromatic rings. The normalized spacial score (nSPS) is 10.4. The average Bonchev–Trinajstić information content (AvgIpc) is 2.77. The topological polar surface area (TPSA) is 41.1 Å². The van der Waals surface area contributed by atoms with Crippen molar-refractivity contribution < 1.29 is 4.39 Å². The first-order valence-corrected chi connectivity index (χ1v) is 5.43. The maximum Gasteiger partial charge on any atom is 0.152 e. The number of halogens is 1.